The summed E-state index contributed by atoms with van der Waals surface area (Å²) in [6.45, 7) is 0.288. The number of likely N-dealkylation sites (N-methyl/N-ethyl adjacent to an activating group) is 1. The molecular formula is C12H17N3O3. The van der Waals surface area contributed by atoms with Crippen LogP contribution in [0.1, 0.15) is 5.56 Å². The Bertz CT molecular complexity index is 404. The molecule has 98 valence electrons. The van der Waals surface area contributed by atoms with Crippen molar-refractivity contribution in [1.82, 2.24) is 10.6 Å². The monoisotopic (exact) mass is 251 g/mol. The summed E-state index contributed by atoms with van der Waals surface area (Å²) in [5.41, 5.74) is 6.45. The highest BCUT2D eigenvalue weighted by molar-refractivity contribution is 5.85. The number of rotatable bonds is 6. The maximum Gasteiger partial charge on any atom is 0.258 e. The zero-order valence-corrected chi connectivity index (χ0v) is 10.2. The van der Waals surface area contributed by atoms with E-state index in [0.29, 0.717) is 12.3 Å². The second-order valence-electron chi connectivity index (χ2n) is 3.59. The van der Waals surface area contributed by atoms with E-state index < -0.39 is 0 Å². The van der Waals surface area contributed by atoms with Crippen LogP contribution < -0.4 is 21.1 Å². The number of amides is 2. The molecule has 18 heavy (non-hydrogen) atoms. The summed E-state index contributed by atoms with van der Waals surface area (Å²) in [6.07, 6.45) is 0. The summed E-state index contributed by atoms with van der Waals surface area (Å²) < 4.78 is 5.25. The molecule has 4 N–H and O–H groups in total. The van der Waals surface area contributed by atoms with Gasteiger partial charge in [-0.1, -0.05) is 12.1 Å². The van der Waals surface area contributed by atoms with E-state index in [-0.39, 0.29) is 25.0 Å². The topological polar surface area (TPSA) is 93.5 Å². The average Bonchev–Trinajstić information content (AvgIpc) is 2.42. The average molecular weight is 251 g/mol. The van der Waals surface area contributed by atoms with E-state index in [1.807, 2.05) is 12.1 Å². The van der Waals surface area contributed by atoms with E-state index in [1.54, 1.807) is 12.1 Å². The molecule has 0 aromatic heterocycles. The minimum absolute atomic E-state index is 0.0508. The molecule has 2 amide bonds. The van der Waals surface area contributed by atoms with Crippen LogP contribution in [0.15, 0.2) is 24.3 Å². The van der Waals surface area contributed by atoms with Crippen molar-refractivity contribution in [2.75, 3.05) is 20.2 Å². The Morgan fingerprint density at radius 1 is 1.22 bits per heavy atom. The van der Waals surface area contributed by atoms with Gasteiger partial charge < -0.3 is 21.1 Å². The number of benzene rings is 1. The fourth-order valence-corrected chi connectivity index (χ4v) is 1.19. The van der Waals surface area contributed by atoms with Gasteiger partial charge in [-0.15, -0.1) is 0 Å². The van der Waals surface area contributed by atoms with Crippen molar-refractivity contribution in [3.63, 3.8) is 0 Å². The van der Waals surface area contributed by atoms with Crippen molar-refractivity contribution in [3.8, 4) is 5.75 Å². The van der Waals surface area contributed by atoms with Gasteiger partial charge in [-0.05, 0) is 17.7 Å². The summed E-state index contributed by atoms with van der Waals surface area (Å²) in [5.74, 6) is -0.0144. The van der Waals surface area contributed by atoms with Gasteiger partial charge in [0.15, 0.2) is 6.61 Å². The second kappa shape index (κ2) is 7.29. The Labute approximate surface area is 105 Å². The maximum absolute atomic E-state index is 11.3. The minimum Gasteiger partial charge on any atom is -0.484 e. The van der Waals surface area contributed by atoms with Gasteiger partial charge in [-0.3, -0.25) is 9.59 Å². The van der Waals surface area contributed by atoms with Gasteiger partial charge in [0.2, 0.25) is 5.91 Å². The lowest BCUT2D eigenvalue weighted by Crippen LogP contribution is -2.37. The highest BCUT2D eigenvalue weighted by Crippen LogP contribution is 2.11. The molecule has 1 rings (SSSR count). The lowest BCUT2D eigenvalue weighted by atomic mass is 10.2. The number of hydrogen-bond acceptors (Lipinski definition) is 4. The Morgan fingerprint density at radius 2 is 1.89 bits per heavy atom. The van der Waals surface area contributed by atoms with Gasteiger partial charge >= 0.3 is 0 Å². The van der Waals surface area contributed by atoms with Crippen molar-refractivity contribution in [1.29, 1.82) is 0 Å². The van der Waals surface area contributed by atoms with Crippen LogP contribution in [0, 0.1) is 0 Å². The molecule has 0 spiro atoms. The van der Waals surface area contributed by atoms with Crippen molar-refractivity contribution >= 4 is 11.8 Å². The zero-order chi connectivity index (χ0) is 13.4. The first kappa shape index (κ1) is 14.0. The van der Waals surface area contributed by atoms with Crippen molar-refractivity contribution in [2.45, 2.75) is 6.54 Å². The van der Waals surface area contributed by atoms with Gasteiger partial charge in [0.1, 0.15) is 5.75 Å². The molecule has 0 aliphatic carbocycles. The maximum atomic E-state index is 11.3. The number of hydrogen-bond donors (Lipinski definition) is 3. The molecule has 0 fully saturated rings. The highest BCUT2D eigenvalue weighted by atomic mass is 16.5. The van der Waals surface area contributed by atoms with Crippen LogP contribution in [-0.4, -0.2) is 32.0 Å². The van der Waals surface area contributed by atoms with Crippen LogP contribution in [0.25, 0.3) is 0 Å². The fraction of sp³-hybridized carbons (Fsp3) is 0.333. The lowest BCUT2D eigenvalue weighted by Gasteiger charge is -2.07. The Balaban J connectivity index is 2.31. The fourth-order valence-electron chi connectivity index (χ4n) is 1.19. The standard InChI is InChI=1S/C12H17N3O3/c1-14-11(16)7-15-12(17)8-18-10-4-2-9(6-13)3-5-10/h2-5H,6-8,13H2,1H3,(H,14,16)(H,15,17). The van der Waals surface area contributed by atoms with Crippen LogP contribution in [0.2, 0.25) is 0 Å². The molecule has 0 aliphatic heterocycles. The summed E-state index contributed by atoms with van der Waals surface area (Å²) in [6, 6.07) is 7.15. The van der Waals surface area contributed by atoms with E-state index in [0.717, 1.165) is 5.56 Å². The summed E-state index contributed by atoms with van der Waals surface area (Å²) in [7, 11) is 1.50. The minimum atomic E-state index is -0.346. The van der Waals surface area contributed by atoms with Gasteiger partial charge in [-0.2, -0.15) is 0 Å². The molecule has 0 unspecified atom stereocenters. The second-order valence-corrected chi connectivity index (χ2v) is 3.59. The Hall–Kier alpha value is -2.08. The van der Waals surface area contributed by atoms with Gasteiger partial charge in [0.25, 0.3) is 5.91 Å². The third-order valence-corrected chi connectivity index (χ3v) is 2.25. The van der Waals surface area contributed by atoms with Crippen molar-refractivity contribution < 1.29 is 14.3 Å². The molecule has 0 saturated carbocycles. The van der Waals surface area contributed by atoms with E-state index in [2.05, 4.69) is 10.6 Å². The first-order chi connectivity index (χ1) is 8.65. The molecule has 6 nitrogen and oxygen atoms in total. The molecule has 0 atom stereocenters. The lowest BCUT2D eigenvalue weighted by molar-refractivity contribution is -0.127. The highest BCUT2D eigenvalue weighted by Gasteiger charge is 2.04. The number of nitrogens with one attached hydrogen (secondary N) is 2. The first-order valence-corrected chi connectivity index (χ1v) is 5.54. The molecule has 0 aliphatic rings. The summed E-state index contributed by atoms with van der Waals surface area (Å²) >= 11 is 0. The predicted octanol–water partition coefficient (Wildman–Crippen LogP) is -0.614. The third-order valence-electron chi connectivity index (χ3n) is 2.25. The largest absolute Gasteiger partial charge is 0.484 e. The number of ether oxygens (including phenoxy) is 1. The van der Waals surface area contributed by atoms with Gasteiger partial charge in [0, 0.05) is 13.6 Å². The number of nitrogens with two attached hydrogens (primary N) is 1. The van der Waals surface area contributed by atoms with Crippen molar-refractivity contribution in [2.24, 2.45) is 5.73 Å². The van der Waals surface area contributed by atoms with Crippen LogP contribution in [0.3, 0.4) is 0 Å². The van der Waals surface area contributed by atoms with Crippen LogP contribution in [-0.2, 0) is 16.1 Å². The number of carbonyl (C=O) groups excluding carboxylic acids is 2. The first-order valence-electron chi connectivity index (χ1n) is 5.54. The third kappa shape index (κ3) is 4.84. The molecule has 1 aromatic rings. The van der Waals surface area contributed by atoms with E-state index in [9.17, 15) is 9.59 Å². The smallest absolute Gasteiger partial charge is 0.258 e. The normalized spacial score (nSPS) is 9.67. The Kier molecular flexibility index (Phi) is 5.66. The molecule has 1 aromatic carbocycles. The molecule has 0 bridgehead atoms. The quantitative estimate of drug-likeness (QED) is 0.628. The van der Waals surface area contributed by atoms with Crippen LogP contribution >= 0.6 is 0 Å². The van der Waals surface area contributed by atoms with Gasteiger partial charge in [0.05, 0.1) is 6.54 Å². The van der Waals surface area contributed by atoms with Crippen molar-refractivity contribution in [3.05, 3.63) is 29.8 Å². The molecule has 0 saturated heterocycles. The van der Waals surface area contributed by atoms with Crippen LogP contribution in [0.4, 0.5) is 0 Å². The van der Waals surface area contributed by atoms with Gasteiger partial charge in [-0.25, -0.2) is 0 Å². The van der Waals surface area contributed by atoms with E-state index in [4.69, 9.17) is 10.5 Å². The van der Waals surface area contributed by atoms with E-state index in [1.165, 1.54) is 7.05 Å². The zero-order valence-electron chi connectivity index (χ0n) is 10.2. The van der Waals surface area contributed by atoms with Crippen LogP contribution in [0.5, 0.6) is 5.75 Å². The Morgan fingerprint density at radius 3 is 2.44 bits per heavy atom. The summed E-state index contributed by atoms with van der Waals surface area (Å²) in [5, 5.41) is 4.83. The molecule has 0 radical (unpaired) electrons. The molecule has 0 heterocycles. The van der Waals surface area contributed by atoms with E-state index >= 15 is 0 Å². The summed E-state index contributed by atoms with van der Waals surface area (Å²) in [4.78, 5) is 22.2. The predicted molar refractivity (Wildman–Crippen MR) is 66.9 cm³/mol. The molecule has 6 heteroatoms. The molecular weight excluding hydrogens is 234 g/mol. The number of carbonyl (C=O) groups is 2. The SMILES string of the molecule is CNC(=O)CNC(=O)COc1ccc(CN)cc1.